The van der Waals surface area contributed by atoms with Crippen LogP contribution >= 0.6 is 15.9 Å². The van der Waals surface area contributed by atoms with Crippen LogP contribution in [0.3, 0.4) is 0 Å². The molecule has 2 nitrogen and oxygen atoms in total. The Morgan fingerprint density at radius 2 is 1.89 bits per heavy atom. The van der Waals surface area contributed by atoms with Gasteiger partial charge in [-0.2, -0.15) is 0 Å². The summed E-state index contributed by atoms with van der Waals surface area (Å²) < 4.78 is 32.1. The molecule has 0 aliphatic carbocycles. The van der Waals surface area contributed by atoms with Crippen molar-refractivity contribution in [1.82, 2.24) is 0 Å². The van der Waals surface area contributed by atoms with Crippen LogP contribution in [0.4, 0.5) is 14.5 Å². The molecule has 0 bridgehead atoms. The van der Waals surface area contributed by atoms with Crippen LogP contribution in [0.15, 0.2) is 40.9 Å². The number of para-hydroxylation sites is 1. The molecule has 0 saturated heterocycles. The Morgan fingerprint density at radius 3 is 2.56 bits per heavy atom. The Morgan fingerprint density at radius 1 is 1.11 bits per heavy atom. The molecule has 0 fully saturated rings. The van der Waals surface area contributed by atoms with Gasteiger partial charge in [-0.3, -0.25) is 0 Å². The number of nitrogens with two attached hydrogens (primary N) is 1. The van der Waals surface area contributed by atoms with E-state index in [1.807, 2.05) is 0 Å². The lowest BCUT2D eigenvalue weighted by atomic mass is 10.2. The number of anilines is 1. The normalized spacial score (nSPS) is 10.4. The van der Waals surface area contributed by atoms with Crippen molar-refractivity contribution in [3.05, 3.63) is 58.1 Å². The first kappa shape index (κ1) is 12.8. The molecule has 5 heteroatoms. The van der Waals surface area contributed by atoms with Crippen molar-refractivity contribution in [2.75, 3.05) is 5.73 Å². The van der Waals surface area contributed by atoms with Crippen molar-refractivity contribution in [2.45, 2.75) is 6.61 Å². The van der Waals surface area contributed by atoms with E-state index in [1.54, 1.807) is 18.2 Å². The van der Waals surface area contributed by atoms with E-state index in [9.17, 15) is 8.78 Å². The predicted molar refractivity (Wildman–Crippen MR) is 69.2 cm³/mol. The van der Waals surface area contributed by atoms with Gasteiger partial charge in [0.2, 0.25) is 0 Å². The van der Waals surface area contributed by atoms with E-state index < -0.39 is 5.82 Å². The second-order valence-corrected chi connectivity index (χ2v) is 4.55. The highest BCUT2D eigenvalue weighted by molar-refractivity contribution is 9.10. The number of hydrogen-bond acceptors (Lipinski definition) is 2. The second kappa shape index (κ2) is 5.35. The molecular weight excluding hydrogens is 304 g/mol. The first-order chi connectivity index (χ1) is 8.58. The second-order valence-electron chi connectivity index (χ2n) is 3.70. The zero-order valence-corrected chi connectivity index (χ0v) is 10.9. The summed E-state index contributed by atoms with van der Waals surface area (Å²) in [4.78, 5) is 0. The minimum absolute atomic E-state index is 0.0120. The van der Waals surface area contributed by atoms with Crippen LogP contribution in [-0.4, -0.2) is 0 Å². The summed E-state index contributed by atoms with van der Waals surface area (Å²) in [7, 11) is 0. The molecule has 0 spiro atoms. The fourth-order valence-electron chi connectivity index (χ4n) is 1.46. The summed E-state index contributed by atoms with van der Waals surface area (Å²) in [6.45, 7) is 0.115. The monoisotopic (exact) mass is 313 g/mol. The van der Waals surface area contributed by atoms with Gasteiger partial charge in [0.1, 0.15) is 12.4 Å². The van der Waals surface area contributed by atoms with E-state index in [0.29, 0.717) is 10.0 Å². The van der Waals surface area contributed by atoms with Crippen LogP contribution in [0, 0.1) is 11.6 Å². The zero-order chi connectivity index (χ0) is 13.1. The molecule has 0 aliphatic heterocycles. The highest BCUT2D eigenvalue weighted by atomic mass is 79.9. The van der Waals surface area contributed by atoms with Gasteiger partial charge in [0.25, 0.3) is 0 Å². The SMILES string of the molecule is Nc1cccc(F)c1OCc1ccc(F)c(Br)c1. The van der Waals surface area contributed by atoms with Gasteiger partial charge in [0.15, 0.2) is 11.6 Å². The Bertz CT molecular complexity index is 555. The topological polar surface area (TPSA) is 35.2 Å². The fourth-order valence-corrected chi connectivity index (χ4v) is 1.89. The molecule has 2 N–H and O–H groups in total. The minimum atomic E-state index is -0.517. The van der Waals surface area contributed by atoms with Crippen LogP contribution in [0.5, 0.6) is 5.75 Å². The van der Waals surface area contributed by atoms with Gasteiger partial charge in [-0.05, 0) is 45.8 Å². The number of ether oxygens (including phenoxy) is 1. The standard InChI is InChI=1S/C13H10BrF2NO/c14-9-6-8(4-5-10(9)15)7-18-13-11(16)2-1-3-12(13)17/h1-6H,7,17H2. The Balaban J connectivity index is 2.14. The Labute approximate surface area is 112 Å². The van der Waals surface area contributed by atoms with Crippen LogP contribution < -0.4 is 10.5 Å². The third-order valence-corrected chi connectivity index (χ3v) is 2.97. The van der Waals surface area contributed by atoms with Crippen molar-refractivity contribution in [3.63, 3.8) is 0 Å². The number of hydrogen-bond donors (Lipinski definition) is 1. The molecule has 0 saturated carbocycles. The van der Waals surface area contributed by atoms with Crippen LogP contribution in [0.2, 0.25) is 0 Å². The van der Waals surface area contributed by atoms with Crippen LogP contribution in [-0.2, 0) is 6.61 Å². The summed E-state index contributed by atoms with van der Waals surface area (Å²) in [5.74, 6) is -0.863. The molecule has 0 heterocycles. The Kier molecular flexibility index (Phi) is 3.81. The fraction of sp³-hybridized carbons (Fsp3) is 0.0769. The molecule has 0 amide bonds. The van der Waals surface area contributed by atoms with E-state index in [2.05, 4.69) is 15.9 Å². The van der Waals surface area contributed by atoms with E-state index in [1.165, 1.54) is 18.2 Å². The van der Waals surface area contributed by atoms with Crippen molar-refractivity contribution < 1.29 is 13.5 Å². The number of rotatable bonds is 3. The molecule has 94 valence electrons. The van der Waals surface area contributed by atoms with Gasteiger partial charge >= 0.3 is 0 Å². The van der Waals surface area contributed by atoms with Gasteiger partial charge in [-0.15, -0.1) is 0 Å². The van der Waals surface area contributed by atoms with Gasteiger partial charge < -0.3 is 10.5 Å². The summed E-state index contributed by atoms with van der Waals surface area (Å²) in [6, 6.07) is 8.79. The van der Waals surface area contributed by atoms with E-state index in [4.69, 9.17) is 10.5 Å². The maximum absolute atomic E-state index is 13.4. The lowest BCUT2D eigenvalue weighted by Gasteiger charge is -2.10. The molecule has 2 rings (SSSR count). The largest absolute Gasteiger partial charge is 0.484 e. The maximum atomic E-state index is 13.4. The minimum Gasteiger partial charge on any atom is -0.484 e. The van der Waals surface area contributed by atoms with E-state index in [-0.39, 0.29) is 23.9 Å². The van der Waals surface area contributed by atoms with Crippen molar-refractivity contribution in [1.29, 1.82) is 0 Å². The third-order valence-electron chi connectivity index (χ3n) is 2.36. The molecule has 0 aromatic heterocycles. The highest BCUT2D eigenvalue weighted by Gasteiger charge is 2.08. The maximum Gasteiger partial charge on any atom is 0.178 e. The Hall–Kier alpha value is -1.62. The number of halogens is 3. The van der Waals surface area contributed by atoms with E-state index in [0.717, 1.165) is 0 Å². The average Bonchev–Trinajstić information content (AvgIpc) is 2.33. The molecule has 18 heavy (non-hydrogen) atoms. The molecule has 2 aromatic carbocycles. The molecule has 0 atom stereocenters. The highest BCUT2D eigenvalue weighted by Crippen LogP contribution is 2.26. The molecular formula is C13H10BrF2NO. The molecule has 0 aliphatic rings. The number of benzene rings is 2. The summed E-state index contributed by atoms with van der Waals surface area (Å²) in [6.07, 6.45) is 0. The predicted octanol–water partition coefficient (Wildman–Crippen LogP) is 3.89. The third kappa shape index (κ3) is 2.79. The van der Waals surface area contributed by atoms with Gasteiger partial charge in [0.05, 0.1) is 10.2 Å². The average molecular weight is 314 g/mol. The summed E-state index contributed by atoms with van der Waals surface area (Å²) in [5.41, 5.74) is 6.55. The summed E-state index contributed by atoms with van der Waals surface area (Å²) >= 11 is 3.07. The molecule has 0 unspecified atom stereocenters. The quantitative estimate of drug-likeness (QED) is 0.873. The lowest BCUT2D eigenvalue weighted by Crippen LogP contribution is -2.01. The summed E-state index contributed by atoms with van der Waals surface area (Å²) in [5, 5.41) is 0. The van der Waals surface area contributed by atoms with Crippen LogP contribution in [0.25, 0.3) is 0 Å². The first-order valence-corrected chi connectivity index (χ1v) is 5.98. The van der Waals surface area contributed by atoms with Crippen molar-refractivity contribution >= 4 is 21.6 Å². The van der Waals surface area contributed by atoms with Gasteiger partial charge in [-0.1, -0.05) is 12.1 Å². The van der Waals surface area contributed by atoms with Crippen LogP contribution in [0.1, 0.15) is 5.56 Å². The number of nitrogen functional groups attached to an aromatic ring is 1. The smallest absolute Gasteiger partial charge is 0.178 e. The molecule has 0 radical (unpaired) electrons. The zero-order valence-electron chi connectivity index (χ0n) is 9.29. The van der Waals surface area contributed by atoms with Crippen molar-refractivity contribution in [3.8, 4) is 5.75 Å². The van der Waals surface area contributed by atoms with Gasteiger partial charge in [-0.25, -0.2) is 8.78 Å². The molecule has 2 aromatic rings. The van der Waals surface area contributed by atoms with Gasteiger partial charge in [0, 0.05) is 0 Å². The first-order valence-electron chi connectivity index (χ1n) is 5.18. The van der Waals surface area contributed by atoms with Crippen molar-refractivity contribution in [2.24, 2.45) is 0 Å². The lowest BCUT2D eigenvalue weighted by molar-refractivity contribution is 0.292. The van der Waals surface area contributed by atoms with E-state index >= 15 is 0 Å².